The van der Waals surface area contributed by atoms with Gasteiger partial charge in [-0.3, -0.25) is 9.69 Å². The van der Waals surface area contributed by atoms with E-state index in [1.54, 1.807) is 0 Å². The van der Waals surface area contributed by atoms with Crippen molar-refractivity contribution >= 4 is 5.91 Å². The summed E-state index contributed by atoms with van der Waals surface area (Å²) >= 11 is 0. The second-order valence-corrected chi connectivity index (χ2v) is 4.50. The molecular weight excluding hydrogens is 221 g/mol. The maximum Gasteiger partial charge on any atom is 0.405 e. The minimum atomic E-state index is -4.29. The van der Waals surface area contributed by atoms with E-state index in [0.717, 1.165) is 0 Å². The number of rotatable bonds is 2. The molecule has 1 aliphatic rings. The van der Waals surface area contributed by atoms with Crippen LogP contribution < -0.4 is 5.32 Å². The van der Waals surface area contributed by atoms with Crippen molar-refractivity contribution in [2.45, 2.75) is 32.5 Å². The number of amides is 1. The standard InChI is InChI=1S/C10H17F3N2O/c1-7(2)6-15-4-3-9(16)14-5-8(15)10(11,12)13/h7-8H,3-6H2,1-2H3,(H,14,16). The minimum absolute atomic E-state index is 0.138. The van der Waals surface area contributed by atoms with Crippen molar-refractivity contribution in [2.75, 3.05) is 19.6 Å². The van der Waals surface area contributed by atoms with Crippen LogP contribution in [-0.2, 0) is 4.79 Å². The van der Waals surface area contributed by atoms with Crippen LogP contribution in [0.25, 0.3) is 0 Å². The zero-order valence-electron chi connectivity index (χ0n) is 9.47. The van der Waals surface area contributed by atoms with E-state index in [0.29, 0.717) is 6.54 Å². The lowest BCUT2D eigenvalue weighted by molar-refractivity contribution is -0.181. The molecule has 0 radical (unpaired) electrons. The summed E-state index contributed by atoms with van der Waals surface area (Å²) in [6.45, 7) is 3.93. The molecule has 0 aliphatic carbocycles. The predicted molar refractivity (Wildman–Crippen MR) is 53.9 cm³/mol. The van der Waals surface area contributed by atoms with Crippen LogP contribution in [0.4, 0.5) is 13.2 Å². The van der Waals surface area contributed by atoms with Crippen molar-refractivity contribution < 1.29 is 18.0 Å². The van der Waals surface area contributed by atoms with E-state index in [9.17, 15) is 18.0 Å². The Morgan fingerprint density at radius 1 is 1.50 bits per heavy atom. The first-order chi connectivity index (χ1) is 7.30. The fourth-order valence-corrected chi connectivity index (χ4v) is 1.84. The largest absolute Gasteiger partial charge is 0.405 e. The second-order valence-electron chi connectivity index (χ2n) is 4.50. The van der Waals surface area contributed by atoms with Crippen LogP contribution in [0.5, 0.6) is 0 Å². The Hall–Kier alpha value is -0.780. The topological polar surface area (TPSA) is 32.3 Å². The van der Waals surface area contributed by atoms with Gasteiger partial charge in [0, 0.05) is 26.1 Å². The average molecular weight is 238 g/mol. The Bertz CT molecular complexity index is 253. The van der Waals surface area contributed by atoms with Gasteiger partial charge in [0.05, 0.1) is 0 Å². The third-order valence-electron chi connectivity index (χ3n) is 2.54. The van der Waals surface area contributed by atoms with Crippen LogP contribution >= 0.6 is 0 Å². The lowest BCUT2D eigenvalue weighted by Crippen LogP contribution is -2.50. The highest BCUT2D eigenvalue weighted by Gasteiger charge is 2.44. The van der Waals surface area contributed by atoms with Gasteiger partial charge in [-0.05, 0) is 5.92 Å². The SMILES string of the molecule is CC(C)CN1CCC(=O)NCC1C(F)(F)F. The maximum atomic E-state index is 12.8. The highest BCUT2D eigenvalue weighted by Crippen LogP contribution is 2.26. The molecule has 6 heteroatoms. The summed E-state index contributed by atoms with van der Waals surface area (Å²) in [5.74, 6) is -0.154. The van der Waals surface area contributed by atoms with E-state index < -0.39 is 12.2 Å². The Morgan fingerprint density at radius 3 is 2.62 bits per heavy atom. The molecule has 1 atom stereocenters. The van der Waals surface area contributed by atoms with Gasteiger partial charge in [-0.15, -0.1) is 0 Å². The van der Waals surface area contributed by atoms with Crippen molar-refractivity contribution in [1.82, 2.24) is 10.2 Å². The van der Waals surface area contributed by atoms with Gasteiger partial charge in [0.15, 0.2) is 0 Å². The van der Waals surface area contributed by atoms with E-state index in [2.05, 4.69) is 5.32 Å². The van der Waals surface area contributed by atoms with E-state index in [1.807, 2.05) is 13.8 Å². The molecule has 1 amide bonds. The normalized spacial score (nSPS) is 24.4. The third kappa shape index (κ3) is 3.66. The quantitative estimate of drug-likeness (QED) is 0.788. The van der Waals surface area contributed by atoms with Crippen LogP contribution in [-0.4, -0.2) is 42.7 Å². The number of hydrogen-bond donors (Lipinski definition) is 1. The molecule has 1 rings (SSSR count). The Kier molecular flexibility index (Phi) is 4.18. The van der Waals surface area contributed by atoms with Crippen LogP contribution in [0, 0.1) is 5.92 Å². The number of nitrogens with one attached hydrogen (secondary N) is 1. The van der Waals surface area contributed by atoms with Crippen LogP contribution in [0.1, 0.15) is 20.3 Å². The average Bonchev–Trinajstić information content (AvgIpc) is 2.26. The number of halogens is 3. The number of carbonyl (C=O) groups excluding carboxylic acids is 1. The Balaban J connectivity index is 2.76. The first kappa shape index (κ1) is 13.3. The van der Waals surface area contributed by atoms with Crippen molar-refractivity contribution in [2.24, 2.45) is 5.92 Å². The fraction of sp³-hybridized carbons (Fsp3) is 0.900. The van der Waals surface area contributed by atoms with Gasteiger partial charge < -0.3 is 5.32 Å². The molecule has 0 bridgehead atoms. The molecule has 94 valence electrons. The lowest BCUT2D eigenvalue weighted by Gasteiger charge is -2.31. The first-order valence-electron chi connectivity index (χ1n) is 5.38. The van der Waals surface area contributed by atoms with Gasteiger partial charge in [0.25, 0.3) is 0 Å². The van der Waals surface area contributed by atoms with Crippen molar-refractivity contribution in [3.05, 3.63) is 0 Å². The maximum absolute atomic E-state index is 12.8. The lowest BCUT2D eigenvalue weighted by atomic mass is 10.1. The molecule has 1 heterocycles. The first-order valence-corrected chi connectivity index (χ1v) is 5.38. The zero-order chi connectivity index (χ0) is 12.3. The van der Waals surface area contributed by atoms with Crippen molar-refractivity contribution in [3.8, 4) is 0 Å². The number of hydrogen-bond acceptors (Lipinski definition) is 2. The molecule has 16 heavy (non-hydrogen) atoms. The summed E-state index contributed by atoms with van der Waals surface area (Å²) in [7, 11) is 0. The third-order valence-corrected chi connectivity index (χ3v) is 2.54. The van der Waals surface area contributed by atoms with Gasteiger partial charge in [-0.1, -0.05) is 13.8 Å². The molecule has 1 saturated heterocycles. The monoisotopic (exact) mass is 238 g/mol. The van der Waals surface area contributed by atoms with Gasteiger partial charge in [-0.2, -0.15) is 13.2 Å². The summed E-state index contributed by atoms with van der Waals surface area (Å²) in [6, 6.07) is -1.55. The van der Waals surface area contributed by atoms with Crippen LogP contribution in [0.3, 0.4) is 0 Å². The smallest absolute Gasteiger partial charge is 0.354 e. The number of alkyl halides is 3. The van der Waals surface area contributed by atoms with E-state index in [4.69, 9.17) is 0 Å². The van der Waals surface area contributed by atoms with Gasteiger partial charge in [-0.25, -0.2) is 0 Å². The second kappa shape index (κ2) is 5.03. The van der Waals surface area contributed by atoms with Gasteiger partial charge in [0.1, 0.15) is 6.04 Å². The summed E-state index contributed by atoms with van der Waals surface area (Å²) < 4.78 is 38.3. The predicted octanol–water partition coefficient (Wildman–Crippen LogP) is 1.40. The van der Waals surface area contributed by atoms with E-state index >= 15 is 0 Å². The molecule has 0 spiro atoms. The molecule has 0 aromatic heterocycles. The van der Waals surface area contributed by atoms with Gasteiger partial charge in [0.2, 0.25) is 5.91 Å². The van der Waals surface area contributed by atoms with Crippen molar-refractivity contribution in [3.63, 3.8) is 0 Å². The molecule has 3 nitrogen and oxygen atoms in total. The Morgan fingerprint density at radius 2 is 2.12 bits per heavy atom. The summed E-state index contributed by atoms with van der Waals surface area (Å²) in [5, 5.41) is 2.30. The van der Waals surface area contributed by atoms with Crippen LogP contribution in [0.15, 0.2) is 0 Å². The van der Waals surface area contributed by atoms with E-state index in [-0.39, 0.29) is 31.3 Å². The molecule has 0 aromatic carbocycles. The highest BCUT2D eigenvalue weighted by molar-refractivity contribution is 5.76. The fourth-order valence-electron chi connectivity index (χ4n) is 1.84. The minimum Gasteiger partial charge on any atom is -0.354 e. The molecular formula is C10H17F3N2O. The van der Waals surface area contributed by atoms with E-state index in [1.165, 1.54) is 4.90 Å². The molecule has 1 N–H and O–H groups in total. The van der Waals surface area contributed by atoms with Gasteiger partial charge >= 0.3 is 6.18 Å². The molecule has 0 aromatic rings. The number of nitrogens with zero attached hydrogens (tertiary/aromatic N) is 1. The van der Waals surface area contributed by atoms with Crippen molar-refractivity contribution in [1.29, 1.82) is 0 Å². The highest BCUT2D eigenvalue weighted by atomic mass is 19.4. The molecule has 1 fully saturated rings. The zero-order valence-corrected chi connectivity index (χ0v) is 9.47. The summed E-state index contributed by atoms with van der Waals surface area (Å²) in [6.07, 6.45) is -4.15. The summed E-state index contributed by atoms with van der Waals surface area (Å²) in [5.41, 5.74) is 0. The summed E-state index contributed by atoms with van der Waals surface area (Å²) in [4.78, 5) is 12.4. The molecule has 1 aliphatic heterocycles. The molecule has 1 unspecified atom stereocenters. The number of carbonyl (C=O) groups is 1. The van der Waals surface area contributed by atoms with Crippen LogP contribution in [0.2, 0.25) is 0 Å². The Labute approximate surface area is 93.0 Å². The molecule has 0 saturated carbocycles.